The first-order valence-electron chi connectivity index (χ1n) is 14.2. The van der Waals surface area contributed by atoms with E-state index < -0.39 is 32.2 Å². The number of halogens is 1. The van der Waals surface area contributed by atoms with Crippen LogP contribution in [0.25, 0.3) is 0 Å². The molecule has 0 spiro atoms. The van der Waals surface area contributed by atoms with E-state index in [0.717, 1.165) is 62.8 Å². The Hall–Kier alpha value is -3.13. The van der Waals surface area contributed by atoms with Crippen molar-refractivity contribution in [3.8, 4) is 5.88 Å². The molecule has 2 N–H and O–H groups in total. The molecule has 42 heavy (non-hydrogen) atoms. The number of ether oxygens (including phenoxy) is 3. The van der Waals surface area contributed by atoms with Crippen molar-refractivity contribution >= 4 is 21.8 Å². The zero-order valence-corrected chi connectivity index (χ0v) is 24.3. The summed E-state index contributed by atoms with van der Waals surface area (Å²) in [7, 11) is -2.55. The van der Waals surface area contributed by atoms with Crippen molar-refractivity contribution < 1.29 is 36.6 Å². The molecule has 3 aliphatic heterocycles. The van der Waals surface area contributed by atoms with E-state index in [1.807, 2.05) is 6.07 Å². The SMILES string of the molecule is CO[C@]12CN(C(=O)c3cc(OCC4CCOCC4)nc(C4CC4)c3)C[C@@H]1CN(C(=O)c1ccc(S(N)(=O)=O)cc1F)C2. The number of fused-ring (bicyclic) bond motifs is 1. The summed E-state index contributed by atoms with van der Waals surface area (Å²) in [5, 5.41) is 5.08. The minimum absolute atomic E-state index is 0.149. The summed E-state index contributed by atoms with van der Waals surface area (Å²) in [6.07, 6.45) is 3.96. The van der Waals surface area contributed by atoms with Crippen molar-refractivity contribution in [2.24, 2.45) is 17.0 Å². The number of rotatable bonds is 8. The molecule has 2 atom stereocenters. The molecule has 1 aromatic carbocycles. The summed E-state index contributed by atoms with van der Waals surface area (Å²) in [5.41, 5.74) is 0.331. The predicted molar refractivity (Wildman–Crippen MR) is 148 cm³/mol. The number of benzene rings is 1. The van der Waals surface area contributed by atoms with Crippen molar-refractivity contribution in [2.75, 3.05) is 53.1 Å². The molecule has 2 amide bonds. The molecule has 11 nitrogen and oxygen atoms in total. The molecule has 0 bridgehead atoms. The van der Waals surface area contributed by atoms with E-state index in [2.05, 4.69) is 0 Å². The Morgan fingerprint density at radius 2 is 1.76 bits per heavy atom. The number of sulfonamides is 1. The van der Waals surface area contributed by atoms with E-state index in [4.69, 9.17) is 24.3 Å². The largest absolute Gasteiger partial charge is 0.477 e. The number of nitrogens with zero attached hydrogens (tertiary/aromatic N) is 3. The van der Waals surface area contributed by atoms with Gasteiger partial charge in [-0.1, -0.05) is 0 Å². The standard InChI is InChI=1S/C29H35FN4O7S/c1-39-29-16-33(13-21(29)14-34(17-29)28(36)23-5-4-22(12-24(23)30)42(31,37)38)27(35)20-10-25(19-2-3-19)32-26(11-20)41-15-18-6-8-40-9-7-18/h4-5,10-12,18-19,21H,2-3,6-9,13-17H2,1H3,(H2,31,37,38)/t21-,29+/m1/s1. The third-order valence-corrected chi connectivity index (χ3v) is 9.81. The Kier molecular flexibility index (Phi) is 7.71. The van der Waals surface area contributed by atoms with Crippen LogP contribution >= 0.6 is 0 Å². The van der Waals surface area contributed by atoms with E-state index in [0.29, 0.717) is 36.4 Å². The Labute approximate surface area is 244 Å². The molecule has 6 rings (SSSR count). The first-order valence-corrected chi connectivity index (χ1v) is 15.8. The van der Waals surface area contributed by atoms with Crippen LogP contribution in [0.2, 0.25) is 0 Å². The van der Waals surface area contributed by atoms with Crippen molar-refractivity contribution in [1.82, 2.24) is 14.8 Å². The maximum atomic E-state index is 14.7. The summed E-state index contributed by atoms with van der Waals surface area (Å²) in [5.74, 6) is -0.681. The summed E-state index contributed by atoms with van der Waals surface area (Å²) < 4.78 is 55.3. The topological polar surface area (TPSA) is 141 Å². The Morgan fingerprint density at radius 3 is 2.36 bits per heavy atom. The van der Waals surface area contributed by atoms with Crippen molar-refractivity contribution in [3.63, 3.8) is 0 Å². The van der Waals surface area contributed by atoms with Crippen LogP contribution in [0.1, 0.15) is 58.0 Å². The molecule has 3 saturated heterocycles. The number of nitrogens with two attached hydrogens (primary N) is 1. The van der Waals surface area contributed by atoms with Gasteiger partial charge >= 0.3 is 0 Å². The van der Waals surface area contributed by atoms with Gasteiger partial charge in [0.25, 0.3) is 11.8 Å². The van der Waals surface area contributed by atoms with Gasteiger partial charge in [-0.15, -0.1) is 0 Å². The lowest BCUT2D eigenvalue weighted by Gasteiger charge is -2.28. The van der Waals surface area contributed by atoms with Crippen molar-refractivity contribution in [1.29, 1.82) is 0 Å². The third kappa shape index (κ3) is 5.75. The molecule has 1 saturated carbocycles. The predicted octanol–water partition coefficient (Wildman–Crippen LogP) is 2.16. The molecule has 226 valence electrons. The maximum absolute atomic E-state index is 14.7. The van der Waals surface area contributed by atoms with E-state index in [9.17, 15) is 22.4 Å². The molecule has 13 heteroatoms. The summed E-state index contributed by atoms with van der Waals surface area (Å²) >= 11 is 0. The zero-order valence-electron chi connectivity index (χ0n) is 23.5. The van der Waals surface area contributed by atoms with Gasteiger partial charge in [0.1, 0.15) is 11.4 Å². The van der Waals surface area contributed by atoms with Crippen LogP contribution in [0.4, 0.5) is 4.39 Å². The second kappa shape index (κ2) is 11.2. The average Bonchev–Trinajstić information content (AvgIpc) is 3.68. The van der Waals surface area contributed by atoms with Crippen LogP contribution in [0.5, 0.6) is 5.88 Å². The van der Waals surface area contributed by atoms with E-state index in [1.54, 1.807) is 18.1 Å². The molecule has 4 aliphatic rings. The fourth-order valence-corrected chi connectivity index (χ4v) is 6.76. The van der Waals surface area contributed by atoms with Gasteiger partial charge in [0.15, 0.2) is 0 Å². The second-order valence-electron chi connectivity index (χ2n) is 11.8. The van der Waals surface area contributed by atoms with Crippen molar-refractivity contribution in [3.05, 3.63) is 53.0 Å². The highest BCUT2D eigenvalue weighted by atomic mass is 32.2. The van der Waals surface area contributed by atoms with Crippen LogP contribution in [0.15, 0.2) is 35.2 Å². The molecular weight excluding hydrogens is 567 g/mol. The molecule has 0 unspecified atom stereocenters. The fraction of sp³-hybridized carbons (Fsp3) is 0.552. The Bertz CT molecular complexity index is 1490. The highest BCUT2D eigenvalue weighted by Crippen LogP contribution is 2.42. The van der Waals surface area contributed by atoms with Crippen LogP contribution in [-0.2, 0) is 19.5 Å². The van der Waals surface area contributed by atoms with Gasteiger partial charge in [-0.05, 0) is 55.9 Å². The fourth-order valence-electron chi connectivity index (χ4n) is 6.24. The number of amides is 2. The number of hydrogen-bond donors (Lipinski definition) is 1. The Balaban J connectivity index is 1.15. The van der Waals surface area contributed by atoms with Gasteiger partial charge in [0.2, 0.25) is 15.9 Å². The molecule has 4 heterocycles. The number of pyridine rings is 1. The normalized spacial score (nSPS) is 24.6. The maximum Gasteiger partial charge on any atom is 0.256 e. The van der Waals surface area contributed by atoms with Crippen LogP contribution < -0.4 is 9.88 Å². The summed E-state index contributed by atoms with van der Waals surface area (Å²) in [6.45, 7) is 3.05. The molecular formula is C29H35FN4O7S. The van der Waals surface area contributed by atoms with Crippen molar-refractivity contribution in [2.45, 2.75) is 42.1 Å². The van der Waals surface area contributed by atoms with Gasteiger partial charge < -0.3 is 24.0 Å². The number of carbonyl (C=O) groups excluding carboxylic acids is 2. The van der Waals surface area contributed by atoms with Crippen LogP contribution in [-0.4, -0.2) is 93.7 Å². The quantitative estimate of drug-likeness (QED) is 0.485. The third-order valence-electron chi connectivity index (χ3n) is 8.90. The van der Waals surface area contributed by atoms with Crippen LogP contribution in [0, 0.1) is 17.7 Å². The van der Waals surface area contributed by atoms with Gasteiger partial charge in [0.05, 0.1) is 30.2 Å². The van der Waals surface area contributed by atoms with E-state index >= 15 is 0 Å². The highest BCUT2D eigenvalue weighted by Gasteiger charge is 2.55. The summed E-state index contributed by atoms with van der Waals surface area (Å²) in [4.78, 5) is 34.5. The second-order valence-corrected chi connectivity index (χ2v) is 13.3. The summed E-state index contributed by atoms with van der Waals surface area (Å²) in [6, 6.07) is 6.56. The lowest BCUT2D eigenvalue weighted by molar-refractivity contribution is -0.0111. The lowest BCUT2D eigenvalue weighted by Crippen LogP contribution is -2.44. The number of carbonyl (C=O) groups is 2. The number of primary sulfonamides is 1. The highest BCUT2D eigenvalue weighted by molar-refractivity contribution is 7.89. The Morgan fingerprint density at radius 1 is 1.07 bits per heavy atom. The molecule has 2 aromatic rings. The number of likely N-dealkylation sites (tertiary alicyclic amines) is 2. The van der Waals surface area contributed by atoms with Crippen LogP contribution in [0.3, 0.4) is 0 Å². The molecule has 1 aromatic heterocycles. The molecule has 1 aliphatic carbocycles. The smallest absolute Gasteiger partial charge is 0.256 e. The number of methoxy groups -OCH3 is 1. The first-order chi connectivity index (χ1) is 20.1. The number of aromatic nitrogens is 1. The monoisotopic (exact) mass is 602 g/mol. The zero-order chi connectivity index (χ0) is 29.6. The van der Waals surface area contributed by atoms with Gasteiger partial charge in [-0.2, -0.15) is 0 Å². The minimum Gasteiger partial charge on any atom is -0.477 e. The van der Waals surface area contributed by atoms with Gasteiger partial charge in [0, 0.05) is 62.6 Å². The minimum atomic E-state index is -4.10. The lowest BCUT2D eigenvalue weighted by atomic mass is 9.95. The first kappa shape index (κ1) is 29.0. The average molecular weight is 603 g/mol. The van der Waals surface area contributed by atoms with E-state index in [1.165, 1.54) is 4.90 Å². The van der Waals surface area contributed by atoms with E-state index in [-0.39, 0.29) is 37.0 Å². The van der Waals surface area contributed by atoms with Gasteiger partial charge in [-0.25, -0.2) is 22.9 Å². The van der Waals surface area contributed by atoms with Gasteiger partial charge in [-0.3, -0.25) is 9.59 Å². The molecule has 0 radical (unpaired) electrons. The molecule has 4 fully saturated rings. The number of hydrogen-bond acceptors (Lipinski definition) is 8.